The quantitative estimate of drug-likeness (QED) is 0.316. The van der Waals surface area contributed by atoms with Gasteiger partial charge in [-0.15, -0.1) is 0 Å². The molecule has 3 aromatic heterocycles. The van der Waals surface area contributed by atoms with Crippen molar-refractivity contribution in [3.05, 3.63) is 80.0 Å². The lowest BCUT2D eigenvalue weighted by molar-refractivity contribution is 0.344. The molecule has 0 aliphatic carbocycles. The summed E-state index contributed by atoms with van der Waals surface area (Å²) in [5.74, 6) is 3.79. The fourth-order valence-corrected chi connectivity index (χ4v) is 4.37. The Kier molecular flexibility index (Phi) is 9.55. The number of rotatable bonds is 13. The summed E-state index contributed by atoms with van der Waals surface area (Å²) in [6.45, 7) is 2.23. The zero-order chi connectivity index (χ0) is 24.5. The largest absolute Gasteiger partial charge is 0.464 e. The zero-order valence-electron chi connectivity index (χ0n) is 20.3. The molecule has 184 valence electrons. The van der Waals surface area contributed by atoms with Gasteiger partial charge in [-0.25, -0.2) is 4.98 Å². The van der Waals surface area contributed by atoms with E-state index >= 15 is 0 Å². The van der Waals surface area contributed by atoms with Gasteiger partial charge >= 0.3 is 0 Å². The Bertz CT molecular complexity index is 1150. The predicted molar refractivity (Wildman–Crippen MR) is 138 cm³/mol. The molecule has 0 fully saturated rings. The molecule has 0 saturated carbocycles. The van der Waals surface area contributed by atoms with E-state index in [2.05, 4.69) is 30.1 Å². The number of anilines is 1. The van der Waals surface area contributed by atoms with Crippen LogP contribution in [0.1, 0.15) is 35.0 Å². The maximum absolute atomic E-state index is 12.9. The number of aromatic nitrogens is 3. The highest BCUT2D eigenvalue weighted by Crippen LogP contribution is 2.24. The molecule has 0 spiro atoms. The SMILES string of the molecule is CN(C)CCC(c1cc[nH]c(=O)c1)c1cnc(NCCSCc2ccc(CN(C)C)o2)[nH]c1=O. The Balaban J connectivity index is 1.56. The lowest BCUT2D eigenvalue weighted by Gasteiger charge is -2.19. The van der Waals surface area contributed by atoms with Gasteiger partial charge in [-0.05, 0) is 64.9 Å². The van der Waals surface area contributed by atoms with Crippen molar-refractivity contribution < 1.29 is 4.42 Å². The van der Waals surface area contributed by atoms with Crippen LogP contribution in [0.15, 0.2) is 50.7 Å². The van der Waals surface area contributed by atoms with Crippen molar-refractivity contribution in [3.8, 4) is 0 Å². The lowest BCUT2D eigenvalue weighted by Crippen LogP contribution is -2.24. The minimum absolute atomic E-state index is 0.184. The number of nitrogens with one attached hydrogen (secondary N) is 3. The minimum atomic E-state index is -0.212. The summed E-state index contributed by atoms with van der Waals surface area (Å²) in [6, 6.07) is 7.42. The fourth-order valence-electron chi connectivity index (χ4n) is 3.62. The Morgan fingerprint density at radius 1 is 1.12 bits per heavy atom. The molecule has 0 amide bonds. The molecule has 0 saturated heterocycles. The van der Waals surface area contributed by atoms with E-state index in [9.17, 15) is 9.59 Å². The Morgan fingerprint density at radius 2 is 1.91 bits per heavy atom. The Morgan fingerprint density at radius 3 is 2.62 bits per heavy atom. The van der Waals surface area contributed by atoms with Crippen molar-refractivity contribution in [1.82, 2.24) is 24.8 Å². The van der Waals surface area contributed by atoms with E-state index < -0.39 is 0 Å². The molecule has 34 heavy (non-hydrogen) atoms. The highest BCUT2D eigenvalue weighted by Gasteiger charge is 2.19. The average Bonchev–Trinajstić information content (AvgIpc) is 3.21. The maximum atomic E-state index is 12.9. The second kappa shape index (κ2) is 12.6. The number of aromatic amines is 2. The summed E-state index contributed by atoms with van der Waals surface area (Å²) in [5, 5.41) is 3.18. The van der Waals surface area contributed by atoms with Gasteiger partial charge in [-0.1, -0.05) is 0 Å². The van der Waals surface area contributed by atoms with E-state index in [1.54, 1.807) is 30.2 Å². The summed E-state index contributed by atoms with van der Waals surface area (Å²) >= 11 is 1.75. The van der Waals surface area contributed by atoms with Crippen molar-refractivity contribution >= 4 is 17.7 Å². The summed E-state index contributed by atoms with van der Waals surface area (Å²) < 4.78 is 5.82. The number of hydrogen-bond acceptors (Lipinski definition) is 8. The van der Waals surface area contributed by atoms with Gasteiger partial charge in [0, 0.05) is 42.2 Å². The minimum Gasteiger partial charge on any atom is -0.464 e. The predicted octanol–water partition coefficient (Wildman–Crippen LogP) is 2.54. The number of H-pyrrole nitrogens is 2. The van der Waals surface area contributed by atoms with Crippen LogP contribution >= 0.6 is 11.8 Å². The normalized spacial score (nSPS) is 12.4. The van der Waals surface area contributed by atoms with Crippen molar-refractivity contribution in [1.29, 1.82) is 0 Å². The summed E-state index contributed by atoms with van der Waals surface area (Å²) in [5.41, 5.74) is 0.981. The first-order valence-electron chi connectivity index (χ1n) is 11.3. The molecule has 1 unspecified atom stereocenters. The molecule has 1 atom stereocenters. The number of hydrogen-bond donors (Lipinski definition) is 3. The Hall–Kier alpha value is -2.82. The van der Waals surface area contributed by atoms with Gasteiger partial charge in [0.25, 0.3) is 5.56 Å². The maximum Gasteiger partial charge on any atom is 0.256 e. The Labute approximate surface area is 204 Å². The van der Waals surface area contributed by atoms with Crippen LogP contribution in [0.2, 0.25) is 0 Å². The molecule has 0 radical (unpaired) electrons. The molecule has 3 heterocycles. The molecule has 0 bridgehead atoms. The standard InChI is InChI=1S/C24H34N6O3S/c1-29(2)11-8-20(17-7-9-25-22(31)13-17)21-14-27-24(28-23(21)32)26-10-12-34-16-19-6-5-18(33-19)15-30(3)4/h5-7,9,13-14,20H,8,10-12,15-16H2,1-4H3,(H,25,31)(H2,26,27,28,32). The molecule has 3 N–H and O–H groups in total. The van der Waals surface area contributed by atoms with E-state index in [0.29, 0.717) is 24.5 Å². The first-order valence-corrected chi connectivity index (χ1v) is 12.4. The first-order chi connectivity index (χ1) is 16.3. The van der Waals surface area contributed by atoms with Crippen LogP contribution in [-0.2, 0) is 12.3 Å². The summed E-state index contributed by atoms with van der Waals surface area (Å²) in [7, 11) is 7.99. The molecule has 0 aliphatic heterocycles. The number of pyridine rings is 1. The highest BCUT2D eigenvalue weighted by molar-refractivity contribution is 7.98. The summed E-state index contributed by atoms with van der Waals surface area (Å²) in [4.78, 5) is 38.7. The fraction of sp³-hybridized carbons (Fsp3) is 0.458. The van der Waals surface area contributed by atoms with Gasteiger partial charge in [-0.3, -0.25) is 14.6 Å². The third-order valence-electron chi connectivity index (χ3n) is 5.24. The van der Waals surface area contributed by atoms with Gasteiger partial charge in [0.15, 0.2) is 0 Å². The van der Waals surface area contributed by atoms with E-state index in [-0.39, 0.29) is 17.0 Å². The molecule has 3 aromatic rings. The van der Waals surface area contributed by atoms with E-state index in [4.69, 9.17) is 4.42 Å². The highest BCUT2D eigenvalue weighted by atomic mass is 32.2. The van der Waals surface area contributed by atoms with Crippen LogP contribution in [0, 0.1) is 0 Å². The average molecular weight is 487 g/mol. The second-order valence-corrected chi connectivity index (χ2v) is 9.84. The molecule has 3 rings (SSSR count). The lowest BCUT2D eigenvalue weighted by atomic mass is 9.90. The zero-order valence-corrected chi connectivity index (χ0v) is 21.1. The molecule has 0 aromatic carbocycles. The molecule has 10 heteroatoms. The van der Waals surface area contributed by atoms with Gasteiger partial charge in [0.1, 0.15) is 11.5 Å². The van der Waals surface area contributed by atoms with E-state index in [1.165, 1.54) is 0 Å². The van der Waals surface area contributed by atoms with Crippen LogP contribution in [0.3, 0.4) is 0 Å². The van der Waals surface area contributed by atoms with Crippen LogP contribution in [0.4, 0.5) is 5.95 Å². The van der Waals surface area contributed by atoms with Gasteiger partial charge < -0.3 is 24.5 Å². The van der Waals surface area contributed by atoms with Crippen molar-refractivity contribution in [2.45, 2.75) is 24.6 Å². The topological polar surface area (TPSA) is 110 Å². The third-order valence-corrected chi connectivity index (χ3v) is 6.22. The van der Waals surface area contributed by atoms with Gasteiger partial charge in [0.2, 0.25) is 11.5 Å². The molecular weight excluding hydrogens is 452 g/mol. The number of thioether (sulfide) groups is 1. The van der Waals surface area contributed by atoms with Gasteiger partial charge in [0.05, 0.1) is 12.3 Å². The first kappa shape index (κ1) is 25.8. The number of furan rings is 1. The van der Waals surface area contributed by atoms with E-state index in [0.717, 1.165) is 41.7 Å². The molecule has 9 nitrogen and oxygen atoms in total. The van der Waals surface area contributed by atoms with Crippen LogP contribution in [-0.4, -0.2) is 71.8 Å². The second-order valence-electron chi connectivity index (χ2n) is 8.73. The van der Waals surface area contributed by atoms with Crippen LogP contribution in [0.5, 0.6) is 0 Å². The smallest absolute Gasteiger partial charge is 0.256 e. The summed E-state index contributed by atoms with van der Waals surface area (Å²) in [6.07, 6.45) is 3.93. The monoisotopic (exact) mass is 486 g/mol. The van der Waals surface area contributed by atoms with E-state index in [1.807, 2.05) is 46.4 Å². The number of nitrogens with zero attached hydrogens (tertiary/aromatic N) is 3. The van der Waals surface area contributed by atoms with Crippen molar-refractivity contribution in [2.75, 3.05) is 52.3 Å². The third kappa shape index (κ3) is 7.89. The van der Waals surface area contributed by atoms with Crippen LogP contribution in [0.25, 0.3) is 0 Å². The molecular formula is C24H34N6O3S. The van der Waals surface area contributed by atoms with Gasteiger partial charge in [-0.2, -0.15) is 11.8 Å². The van der Waals surface area contributed by atoms with Crippen LogP contribution < -0.4 is 16.4 Å². The molecule has 0 aliphatic rings. The van der Waals surface area contributed by atoms with Crippen molar-refractivity contribution in [3.63, 3.8) is 0 Å². The van der Waals surface area contributed by atoms with Crippen molar-refractivity contribution in [2.24, 2.45) is 0 Å².